The van der Waals surface area contributed by atoms with E-state index in [1.807, 2.05) is 36.4 Å². The topological polar surface area (TPSA) is 53.1 Å². The van der Waals surface area contributed by atoms with Crippen molar-refractivity contribution in [2.45, 2.75) is 11.8 Å². The van der Waals surface area contributed by atoms with Gasteiger partial charge in [0.15, 0.2) is 0 Å². The van der Waals surface area contributed by atoms with E-state index in [9.17, 15) is 5.41 Å². The molecule has 0 amide bonds. The van der Waals surface area contributed by atoms with Gasteiger partial charge >= 0.3 is 0 Å². The lowest BCUT2D eigenvalue weighted by Crippen LogP contribution is -2.36. The van der Waals surface area contributed by atoms with Crippen molar-refractivity contribution in [3.8, 4) is 33.4 Å². The summed E-state index contributed by atoms with van der Waals surface area (Å²) in [6.07, 6.45) is 11.1. The smallest absolute Gasteiger partial charge is 0.0754 e. The average molecular weight is 794 g/mol. The SMILES string of the molecule is C=C1/C=C\C=C/Cc2ccc(-c3ccc4c(c3)-c3c(C(=N)/C=C(\N)c5ccccc5)cccc3C43c4ccccc4N(c4ccccc4)c4ccccc43)cc2-c2ccccc21. The van der Waals surface area contributed by atoms with Crippen molar-refractivity contribution in [1.29, 1.82) is 5.41 Å². The number of rotatable bonds is 5. The van der Waals surface area contributed by atoms with E-state index >= 15 is 0 Å². The average Bonchev–Trinajstić information content (AvgIpc) is 3.62. The summed E-state index contributed by atoms with van der Waals surface area (Å²) in [4.78, 5) is 2.40. The van der Waals surface area contributed by atoms with Gasteiger partial charge in [0.05, 0.1) is 22.5 Å². The van der Waals surface area contributed by atoms with Crippen LogP contribution in [-0.2, 0) is 11.8 Å². The maximum atomic E-state index is 9.75. The number of benzene rings is 8. The number of fused-ring (bicyclic) bond motifs is 12. The Kier molecular flexibility index (Phi) is 8.91. The molecule has 0 saturated carbocycles. The third kappa shape index (κ3) is 5.78. The number of para-hydroxylation sites is 3. The summed E-state index contributed by atoms with van der Waals surface area (Å²) in [6.45, 7) is 4.44. The van der Waals surface area contributed by atoms with Gasteiger partial charge in [-0.25, -0.2) is 0 Å². The van der Waals surface area contributed by atoms with E-state index in [0.717, 1.165) is 73.6 Å². The second-order valence-corrected chi connectivity index (χ2v) is 16.3. The molecule has 1 spiro atoms. The van der Waals surface area contributed by atoms with Gasteiger partial charge in [-0.05, 0) is 127 Å². The predicted molar refractivity (Wildman–Crippen MR) is 259 cm³/mol. The van der Waals surface area contributed by atoms with Crippen LogP contribution in [0.25, 0.3) is 44.7 Å². The largest absolute Gasteiger partial charge is 0.398 e. The maximum absolute atomic E-state index is 9.75. The molecule has 11 rings (SSSR count). The summed E-state index contributed by atoms with van der Waals surface area (Å²) in [6, 6.07) is 67.3. The third-order valence-electron chi connectivity index (χ3n) is 12.9. The fraction of sp³-hybridized carbons (Fsp3) is 0.0339. The molecule has 0 unspecified atom stereocenters. The first-order valence-electron chi connectivity index (χ1n) is 21.2. The quantitative estimate of drug-likeness (QED) is 0.171. The van der Waals surface area contributed by atoms with E-state index < -0.39 is 5.41 Å². The highest BCUT2D eigenvalue weighted by atomic mass is 15.2. The Labute approximate surface area is 363 Å². The van der Waals surface area contributed by atoms with Gasteiger partial charge in [-0.3, -0.25) is 0 Å². The molecule has 3 aliphatic rings. The predicted octanol–water partition coefficient (Wildman–Crippen LogP) is 14.2. The molecule has 0 fully saturated rings. The van der Waals surface area contributed by atoms with E-state index in [1.165, 1.54) is 33.4 Å². The van der Waals surface area contributed by atoms with E-state index in [-0.39, 0.29) is 0 Å². The summed E-state index contributed by atoms with van der Waals surface area (Å²) in [5.74, 6) is 0. The monoisotopic (exact) mass is 793 g/mol. The van der Waals surface area contributed by atoms with Crippen molar-refractivity contribution in [3.63, 3.8) is 0 Å². The van der Waals surface area contributed by atoms with E-state index in [0.29, 0.717) is 11.4 Å². The Hall–Kier alpha value is -8.01. The van der Waals surface area contributed by atoms with E-state index in [4.69, 9.17) is 5.73 Å². The fourth-order valence-electron chi connectivity index (χ4n) is 10.1. The Morgan fingerprint density at radius 2 is 1.18 bits per heavy atom. The Balaban J connectivity index is 1.17. The maximum Gasteiger partial charge on any atom is 0.0754 e. The van der Waals surface area contributed by atoms with Crippen LogP contribution in [0.5, 0.6) is 0 Å². The standard InChI is InChI=1S/C59H43N3/c1-39-18-5-2-6-19-40-32-33-42(36-48(40)46-25-12-11-24-45(39)46)43-34-35-50-49(37-43)58-47(55(61)38-54(60)41-20-7-3-8-21-41)26-17-29-53(58)59(50)51-27-13-15-30-56(51)62(44-22-9-4-10-23-44)57-31-16-14-28-52(57)59/h2-18,20-38,61H,1,19,60H2/b6-2-,18-5-,54-38-,61-55?. The van der Waals surface area contributed by atoms with Crippen LogP contribution in [0.3, 0.4) is 0 Å². The van der Waals surface area contributed by atoms with Crippen molar-refractivity contribution < 1.29 is 0 Å². The molecular formula is C59H43N3. The number of nitrogens with zero attached hydrogens (tertiary/aromatic N) is 1. The minimum Gasteiger partial charge on any atom is -0.398 e. The highest BCUT2D eigenvalue weighted by Gasteiger charge is 2.52. The van der Waals surface area contributed by atoms with Gasteiger partial charge in [0.25, 0.3) is 0 Å². The first kappa shape index (κ1) is 37.0. The highest BCUT2D eigenvalue weighted by molar-refractivity contribution is 6.16. The van der Waals surface area contributed by atoms with Crippen LogP contribution in [0, 0.1) is 5.41 Å². The molecule has 8 aromatic carbocycles. The molecule has 0 aromatic heterocycles. The van der Waals surface area contributed by atoms with Gasteiger partial charge in [-0.15, -0.1) is 0 Å². The van der Waals surface area contributed by atoms with E-state index in [2.05, 4.69) is 194 Å². The van der Waals surface area contributed by atoms with Gasteiger partial charge in [-0.1, -0.05) is 183 Å². The molecule has 0 saturated heterocycles. The van der Waals surface area contributed by atoms with Crippen LogP contribution >= 0.6 is 0 Å². The molecule has 1 heterocycles. The van der Waals surface area contributed by atoms with Crippen molar-refractivity contribution in [2.75, 3.05) is 4.90 Å². The summed E-state index contributed by atoms with van der Waals surface area (Å²) < 4.78 is 0. The van der Waals surface area contributed by atoms with Gasteiger partial charge in [0.1, 0.15) is 0 Å². The second kappa shape index (κ2) is 14.9. The van der Waals surface area contributed by atoms with Crippen LogP contribution < -0.4 is 10.6 Å². The molecule has 3 nitrogen and oxygen atoms in total. The van der Waals surface area contributed by atoms with Gasteiger partial charge in [-0.2, -0.15) is 0 Å². The van der Waals surface area contributed by atoms with Gasteiger partial charge < -0.3 is 16.0 Å². The number of nitrogens with two attached hydrogens (primary N) is 1. The Bertz CT molecular complexity index is 3160. The van der Waals surface area contributed by atoms with Crippen LogP contribution in [-0.4, -0.2) is 5.71 Å². The Morgan fingerprint density at radius 3 is 1.92 bits per heavy atom. The van der Waals surface area contributed by atoms with Gasteiger partial charge in [0.2, 0.25) is 0 Å². The zero-order valence-corrected chi connectivity index (χ0v) is 34.2. The summed E-state index contributed by atoms with van der Waals surface area (Å²) in [7, 11) is 0. The lowest BCUT2D eigenvalue weighted by Gasteiger charge is -2.45. The molecule has 0 atom stereocenters. The molecule has 0 radical (unpaired) electrons. The number of allylic oxidation sites excluding steroid dienone is 6. The fourth-order valence-corrected chi connectivity index (χ4v) is 10.1. The van der Waals surface area contributed by atoms with Crippen LogP contribution in [0.4, 0.5) is 17.1 Å². The third-order valence-corrected chi connectivity index (χ3v) is 12.9. The van der Waals surface area contributed by atoms with Crippen LogP contribution in [0.15, 0.2) is 225 Å². The van der Waals surface area contributed by atoms with Crippen LogP contribution in [0.1, 0.15) is 44.5 Å². The molecule has 2 aliphatic carbocycles. The minimum atomic E-state index is -0.672. The molecule has 0 bridgehead atoms. The summed E-state index contributed by atoms with van der Waals surface area (Å²) in [5.41, 5.74) is 27.0. The van der Waals surface area contributed by atoms with E-state index in [1.54, 1.807) is 0 Å². The van der Waals surface area contributed by atoms with Crippen molar-refractivity contribution in [3.05, 3.63) is 270 Å². The molecule has 3 heteroatoms. The first-order chi connectivity index (χ1) is 30.5. The molecule has 294 valence electrons. The van der Waals surface area contributed by atoms with Gasteiger partial charge in [0, 0.05) is 16.9 Å². The molecular weight excluding hydrogens is 751 g/mol. The number of hydrogen-bond acceptors (Lipinski definition) is 3. The summed E-state index contributed by atoms with van der Waals surface area (Å²) in [5, 5.41) is 9.75. The summed E-state index contributed by atoms with van der Waals surface area (Å²) >= 11 is 0. The van der Waals surface area contributed by atoms with Crippen molar-refractivity contribution >= 4 is 34.0 Å². The second-order valence-electron chi connectivity index (χ2n) is 16.3. The number of nitrogens with one attached hydrogen (secondary N) is 1. The van der Waals surface area contributed by atoms with Crippen molar-refractivity contribution in [2.24, 2.45) is 5.73 Å². The molecule has 62 heavy (non-hydrogen) atoms. The first-order valence-corrected chi connectivity index (χ1v) is 21.2. The normalized spacial score (nSPS) is 15.3. The number of anilines is 3. The lowest BCUT2D eigenvalue weighted by molar-refractivity contribution is 0.752. The number of hydrogen-bond donors (Lipinski definition) is 2. The lowest BCUT2D eigenvalue weighted by atomic mass is 9.64. The zero-order valence-electron chi connectivity index (χ0n) is 34.2. The highest BCUT2D eigenvalue weighted by Crippen LogP contribution is 2.64. The Morgan fingerprint density at radius 1 is 0.565 bits per heavy atom. The zero-order chi connectivity index (χ0) is 41.8. The molecule has 1 aliphatic heterocycles. The van der Waals surface area contributed by atoms with Crippen LogP contribution in [0.2, 0.25) is 0 Å². The minimum absolute atomic E-state index is 0.368. The molecule has 8 aromatic rings. The molecule has 3 N–H and O–H groups in total. The van der Waals surface area contributed by atoms with Crippen molar-refractivity contribution in [1.82, 2.24) is 0 Å².